The fourth-order valence-corrected chi connectivity index (χ4v) is 1.94. The summed E-state index contributed by atoms with van der Waals surface area (Å²) in [6.07, 6.45) is 1.39. The van der Waals surface area contributed by atoms with E-state index in [4.69, 9.17) is 14.3 Å². The molecule has 1 atom stereocenters. The van der Waals surface area contributed by atoms with Gasteiger partial charge in [0.25, 0.3) is 0 Å². The van der Waals surface area contributed by atoms with Gasteiger partial charge in [-0.2, -0.15) is 0 Å². The van der Waals surface area contributed by atoms with Crippen molar-refractivity contribution in [1.82, 2.24) is 5.32 Å². The Bertz CT molecular complexity index is 591. The van der Waals surface area contributed by atoms with Gasteiger partial charge in [-0.1, -0.05) is 12.1 Å². The minimum absolute atomic E-state index is 0.0526. The summed E-state index contributed by atoms with van der Waals surface area (Å²) in [5.41, 5.74) is 1.25. The molecule has 106 valence electrons. The van der Waals surface area contributed by atoms with Crippen LogP contribution in [-0.4, -0.2) is 18.2 Å². The number of aromatic carboxylic acids is 1. The van der Waals surface area contributed by atoms with Crippen LogP contribution in [0, 0.1) is 0 Å². The van der Waals surface area contributed by atoms with E-state index in [2.05, 4.69) is 5.32 Å². The van der Waals surface area contributed by atoms with Crippen molar-refractivity contribution in [2.24, 2.45) is 0 Å². The third-order valence-corrected chi connectivity index (χ3v) is 3.14. The van der Waals surface area contributed by atoms with Gasteiger partial charge in [-0.15, -0.1) is 0 Å². The highest BCUT2D eigenvalue weighted by atomic mass is 16.5. The summed E-state index contributed by atoms with van der Waals surface area (Å²) in [7, 11) is 1.62. The van der Waals surface area contributed by atoms with Crippen molar-refractivity contribution in [2.45, 2.75) is 19.5 Å². The smallest absolute Gasteiger partial charge is 0.339 e. The maximum Gasteiger partial charge on any atom is 0.339 e. The zero-order chi connectivity index (χ0) is 14.5. The fourth-order valence-electron chi connectivity index (χ4n) is 1.94. The summed E-state index contributed by atoms with van der Waals surface area (Å²) in [6, 6.07) is 9.23. The number of carbonyl (C=O) groups is 1. The van der Waals surface area contributed by atoms with Crippen LogP contribution >= 0.6 is 0 Å². The Kier molecular flexibility index (Phi) is 4.42. The minimum atomic E-state index is -0.982. The van der Waals surface area contributed by atoms with Gasteiger partial charge in [0.05, 0.1) is 19.9 Å². The molecule has 2 rings (SSSR count). The normalized spacial score (nSPS) is 12.1. The number of methoxy groups -OCH3 is 1. The number of hydrogen-bond donors (Lipinski definition) is 2. The van der Waals surface area contributed by atoms with E-state index in [1.54, 1.807) is 7.11 Å². The second-order valence-corrected chi connectivity index (χ2v) is 4.44. The fraction of sp³-hybridized carbons (Fsp3) is 0.267. The van der Waals surface area contributed by atoms with Gasteiger partial charge < -0.3 is 19.6 Å². The molecule has 20 heavy (non-hydrogen) atoms. The van der Waals surface area contributed by atoms with Gasteiger partial charge in [0.2, 0.25) is 0 Å². The van der Waals surface area contributed by atoms with Crippen molar-refractivity contribution in [1.29, 1.82) is 0 Å². The highest BCUT2D eigenvalue weighted by Crippen LogP contribution is 2.19. The van der Waals surface area contributed by atoms with E-state index in [0.29, 0.717) is 12.3 Å². The summed E-state index contributed by atoms with van der Waals surface area (Å²) in [5, 5.41) is 12.2. The SMILES string of the molecule is COc1cccc([C@@H](C)NCc2occc2C(=O)O)c1. The largest absolute Gasteiger partial charge is 0.497 e. The molecule has 0 amide bonds. The van der Waals surface area contributed by atoms with Crippen LogP contribution < -0.4 is 10.1 Å². The van der Waals surface area contributed by atoms with Gasteiger partial charge >= 0.3 is 5.97 Å². The topological polar surface area (TPSA) is 71.7 Å². The average Bonchev–Trinajstić information content (AvgIpc) is 2.93. The summed E-state index contributed by atoms with van der Waals surface area (Å²) < 4.78 is 10.4. The van der Waals surface area contributed by atoms with Crippen molar-refractivity contribution in [3.8, 4) is 5.75 Å². The predicted molar refractivity (Wildman–Crippen MR) is 73.9 cm³/mol. The highest BCUT2D eigenvalue weighted by molar-refractivity contribution is 5.88. The number of carboxylic acids is 1. The Morgan fingerprint density at radius 2 is 2.25 bits per heavy atom. The first-order valence-corrected chi connectivity index (χ1v) is 6.29. The molecule has 0 saturated carbocycles. The number of nitrogens with one attached hydrogen (secondary N) is 1. The van der Waals surface area contributed by atoms with Gasteiger partial charge in [0.1, 0.15) is 17.1 Å². The molecule has 5 heteroatoms. The van der Waals surface area contributed by atoms with E-state index in [1.165, 1.54) is 12.3 Å². The summed E-state index contributed by atoms with van der Waals surface area (Å²) >= 11 is 0. The molecule has 2 N–H and O–H groups in total. The van der Waals surface area contributed by atoms with Crippen molar-refractivity contribution >= 4 is 5.97 Å². The predicted octanol–water partition coefficient (Wildman–Crippen LogP) is 2.84. The van der Waals surface area contributed by atoms with Crippen LogP contribution in [0.2, 0.25) is 0 Å². The molecule has 0 aliphatic rings. The van der Waals surface area contributed by atoms with E-state index in [-0.39, 0.29) is 11.6 Å². The number of hydrogen-bond acceptors (Lipinski definition) is 4. The number of benzene rings is 1. The maximum absolute atomic E-state index is 11.0. The number of ether oxygens (including phenoxy) is 1. The molecule has 0 aliphatic carbocycles. The summed E-state index contributed by atoms with van der Waals surface area (Å²) in [6.45, 7) is 2.35. The first kappa shape index (κ1) is 14.1. The van der Waals surface area contributed by atoms with E-state index < -0.39 is 5.97 Å². The second-order valence-electron chi connectivity index (χ2n) is 4.44. The van der Waals surface area contributed by atoms with Crippen LogP contribution in [0.4, 0.5) is 0 Å². The monoisotopic (exact) mass is 275 g/mol. The molecule has 1 heterocycles. The Balaban J connectivity index is 2.02. The Labute approximate surface area is 117 Å². The molecule has 1 aromatic heterocycles. The molecule has 2 aromatic rings. The molecular formula is C15H17NO4. The zero-order valence-electron chi connectivity index (χ0n) is 11.4. The van der Waals surface area contributed by atoms with E-state index in [0.717, 1.165) is 11.3 Å². The molecule has 5 nitrogen and oxygen atoms in total. The Morgan fingerprint density at radius 3 is 2.95 bits per heavy atom. The Hall–Kier alpha value is -2.27. The number of carboxylic acid groups (broad SMARTS) is 1. The van der Waals surface area contributed by atoms with E-state index in [1.807, 2.05) is 31.2 Å². The van der Waals surface area contributed by atoms with Crippen LogP contribution in [0.5, 0.6) is 5.75 Å². The first-order valence-electron chi connectivity index (χ1n) is 6.29. The third-order valence-electron chi connectivity index (χ3n) is 3.14. The van der Waals surface area contributed by atoms with Crippen LogP contribution in [0.25, 0.3) is 0 Å². The van der Waals surface area contributed by atoms with Gasteiger partial charge in [-0.3, -0.25) is 0 Å². The quantitative estimate of drug-likeness (QED) is 0.848. The summed E-state index contributed by atoms with van der Waals surface area (Å²) in [4.78, 5) is 11.0. The minimum Gasteiger partial charge on any atom is -0.497 e. The van der Waals surface area contributed by atoms with Crippen molar-refractivity contribution in [2.75, 3.05) is 7.11 Å². The van der Waals surface area contributed by atoms with Crippen molar-refractivity contribution < 1.29 is 19.1 Å². The molecule has 0 fully saturated rings. The maximum atomic E-state index is 11.0. The molecule has 1 aromatic carbocycles. The average molecular weight is 275 g/mol. The number of rotatable bonds is 6. The molecular weight excluding hydrogens is 258 g/mol. The lowest BCUT2D eigenvalue weighted by Crippen LogP contribution is -2.19. The van der Waals surface area contributed by atoms with Crippen molar-refractivity contribution in [3.63, 3.8) is 0 Å². The van der Waals surface area contributed by atoms with Crippen molar-refractivity contribution in [3.05, 3.63) is 53.5 Å². The number of furan rings is 1. The molecule has 0 saturated heterocycles. The van der Waals surface area contributed by atoms with E-state index in [9.17, 15) is 4.79 Å². The molecule has 0 unspecified atom stereocenters. The van der Waals surface area contributed by atoms with Crippen LogP contribution in [-0.2, 0) is 6.54 Å². The third kappa shape index (κ3) is 3.19. The van der Waals surface area contributed by atoms with Gasteiger partial charge in [0.15, 0.2) is 0 Å². The van der Waals surface area contributed by atoms with E-state index >= 15 is 0 Å². The van der Waals surface area contributed by atoms with Gasteiger partial charge in [-0.25, -0.2) is 4.79 Å². The standard InChI is InChI=1S/C15H17NO4/c1-10(11-4-3-5-12(8-11)19-2)16-9-14-13(15(17)18)6-7-20-14/h3-8,10,16H,9H2,1-2H3,(H,17,18)/t10-/m1/s1. The Morgan fingerprint density at radius 1 is 1.45 bits per heavy atom. The first-order chi connectivity index (χ1) is 9.61. The summed E-state index contributed by atoms with van der Waals surface area (Å²) in [5.74, 6) is 0.234. The lowest BCUT2D eigenvalue weighted by atomic mass is 10.1. The second kappa shape index (κ2) is 6.25. The van der Waals surface area contributed by atoms with Crippen LogP contribution in [0.15, 0.2) is 41.0 Å². The molecule has 0 radical (unpaired) electrons. The highest BCUT2D eigenvalue weighted by Gasteiger charge is 2.14. The van der Waals surface area contributed by atoms with Crippen LogP contribution in [0.3, 0.4) is 0 Å². The lowest BCUT2D eigenvalue weighted by molar-refractivity contribution is 0.0694. The molecule has 0 spiro atoms. The molecule has 0 aliphatic heterocycles. The zero-order valence-corrected chi connectivity index (χ0v) is 11.4. The van der Waals surface area contributed by atoms with Crippen LogP contribution in [0.1, 0.15) is 34.6 Å². The molecule has 0 bridgehead atoms. The van der Waals surface area contributed by atoms with Gasteiger partial charge in [-0.05, 0) is 30.7 Å². The van der Waals surface area contributed by atoms with Gasteiger partial charge in [0, 0.05) is 6.04 Å². The lowest BCUT2D eigenvalue weighted by Gasteiger charge is -2.14.